The number of aromatic nitrogens is 2. The zero-order valence-electron chi connectivity index (χ0n) is 17.8. The molecule has 2 aromatic carbocycles. The normalized spacial score (nSPS) is 10.1. The Morgan fingerprint density at radius 2 is 1.61 bits per heavy atom. The molecule has 0 saturated heterocycles. The first-order valence-electron chi connectivity index (χ1n) is 9.22. The third-order valence-corrected chi connectivity index (χ3v) is 4.57. The third-order valence-electron chi connectivity index (χ3n) is 4.57. The van der Waals surface area contributed by atoms with Crippen LogP contribution in [0.15, 0.2) is 91.4 Å². The van der Waals surface area contributed by atoms with Crippen molar-refractivity contribution >= 4 is 17.6 Å². The topological polar surface area (TPSA) is 92.2 Å². The van der Waals surface area contributed by atoms with Crippen LogP contribution in [-0.4, -0.2) is 27.0 Å². The predicted molar refractivity (Wildman–Crippen MR) is 115 cm³/mol. The van der Waals surface area contributed by atoms with Gasteiger partial charge in [0.05, 0.1) is 22.5 Å². The second kappa shape index (κ2) is 10.1. The summed E-state index contributed by atoms with van der Waals surface area (Å²) in [5.74, 6) is -1.57. The van der Waals surface area contributed by atoms with Crippen LogP contribution in [0.4, 0.5) is 5.69 Å². The minimum Gasteiger partial charge on any atom is -1.00 e. The van der Waals surface area contributed by atoms with Crippen LogP contribution < -0.4 is 34.9 Å². The summed E-state index contributed by atoms with van der Waals surface area (Å²) in [5.41, 5.74) is 3.63. The molecule has 6 nitrogen and oxygen atoms in total. The zero-order chi connectivity index (χ0) is 20.9. The van der Waals surface area contributed by atoms with Gasteiger partial charge < -0.3 is 11.8 Å². The molecular formula is C24H18N3NaO3. The second-order valence-corrected chi connectivity index (χ2v) is 6.56. The maximum absolute atomic E-state index is 12.9. The van der Waals surface area contributed by atoms with Crippen molar-refractivity contribution in [2.75, 3.05) is 5.32 Å². The van der Waals surface area contributed by atoms with E-state index in [2.05, 4.69) is 15.3 Å². The van der Waals surface area contributed by atoms with Crippen molar-refractivity contribution in [3.63, 3.8) is 0 Å². The van der Waals surface area contributed by atoms with E-state index in [1.54, 1.807) is 36.7 Å². The Kier molecular flexibility index (Phi) is 7.31. The minimum atomic E-state index is -1.13. The average molecular weight is 419 g/mol. The van der Waals surface area contributed by atoms with Crippen molar-refractivity contribution in [3.8, 4) is 22.4 Å². The summed E-state index contributed by atoms with van der Waals surface area (Å²) < 4.78 is 0. The first kappa shape index (κ1) is 22.4. The first-order valence-corrected chi connectivity index (χ1v) is 9.22. The number of carbonyl (C=O) groups is 2. The number of carbonyl (C=O) groups excluding carboxylic acids is 1. The number of hydrogen-bond donors (Lipinski definition) is 2. The van der Waals surface area contributed by atoms with E-state index in [0.717, 1.165) is 11.1 Å². The molecule has 0 aliphatic heterocycles. The van der Waals surface area contributed by atoms with Gasteiger partial charge in [0.25, 0.3) is 5.91 Å². The summed E-state index contributed by atoms with van der Waals surface area (Å²) in [6.45, 7) is 0. The van der Waals surface area contributed by atoms with E-state index in [-0.39, 0.29) is 42.2 Å². The molecule has 0 saturated carbocycles. The number of hydrogen-bond acceptors (Lipinski definition) is 4. The summed E-state index contributed by atoms with van der Waals surface area (Å²) in [7, 11) is 0. The number of pyridine rings is 2. The largest absolute Gasteiger partial charge is 1.00 e. The molecule has 0 atom stereocenters. The van der Waals surface area contributed by atoms with Crippen LogP contribution in [0.2, 0.25) is 0 Å². The van der Waals surface area contributed by atoms with Crippen molar-refractivity contribution in [3.05, 3.63) is 103 Å². The van der Waals surface area contributed by atoms with Gasteiger partial charge in [0.15, 0.2) is 0 Å². The van der Waals surface area contributed by atoms with E-state index in [4.69, 9.17) is 0 Å². The number of aromatic carboxylic acids is 1. The molecule has 2 heterocycles. The minimum absolute atomic E-state index is 0. The maximum Gasteiger partial charge on any atom is 1.00 e. The van der Waals surface area contributed by atoms with E-state index in [0.29, 0.717) is 16.8 Å². The number of carboxylic acids is 1. The Hall–Kier alpha value is -3.32. The van der Waals surface area contributed by atoms with Gasteiger partial charge in [-0.15, -0.1) is 0 Å². The van der Waals surface area contributed by atoms with Crippen molar-refractivity contribution in [2.24, 2.45) is 0 Å². The van der Waals surface area contributed by atoms with E-state index < -0.39 is 11.9 Å². The Labute approximate surface area is 202 Å². The summed E-state index contributed by atoms with van der Waals surface area (Å²) in [5, 5.41) is 12.2. The Balaban J connectivity index is 0.00000181. The second-order valence-electron chi connectivity index (χ2n) is 6.56. The molecular weight excluding hydrogens is 401 g/mol. The molecule has 0 aliphatic rings. The molecule has 0 bridgehead atoms. The molecule has 148 valence electrons. The summed E-state index contributed by atoms with van der Waals surface area (Å²) in [6, 6.07) is 21.5. The fourth-order valence-electron chi connectivity index (χ4n) is 3.07. The molecule has 2 N–H and O–H groups in total. The summed E-state index contributed by atoms with van der Waals surface area (Å²) >= 11 is 0. The van der Waals surface area contributed by atoms with Crippen LogP contribution in [0, 0.1) is 0 Å². The molecule has 7 heteroatoms. The molecule has 0 fully saturated rings. The number of rotatable bonds is 5. The van der Waals surface area contributed by atoms with E-state index in [1.807, 2.05) is 42.5 Å². The monoisotopic (exact) mass is 419 g/mol. The van der Waals surface area contributed by atoms with E-state index >= 15 is 0 Å². The molecule has 0 unspecified atom stereocenters. The number of nitrogens with one attached hydrogen (secondary N) is 1. The maximum atomic E-state index is 12.9. The van der Waals surface area contributed by atoms with E-state index in [9.17, 15) is 14.7 Å². The van der Waals surface area contributed by atoms with Gasteiger partial charge in [-0.1, -0.05) is 42.5 Å². The van der Waals surface area contributed by atoms with Crippen LogP contribution >= 0.6 is 0 Å². The quantitative estimate of drug-likeness (QED) is 0.482. The van der Waals surface area contributed by atoms with Crippen LogP contribution in [0.1, 0.15) is 22.1 Å². The number of amides is 1. The van der Waals surface area contributed by atoms with Crippen molar-refractivity contribution in [2.45, 2.75) is 0 Å². The van der Waals surface area contributed by atoms with Crippen LogP contribution in [0.5, 0.6) is 0 Å². The SMILES string of the molecule is O=C(Nc1cc(-c2ccccn2)ccc1C(=O)O)c1cncc(-c2ccccc2)c1.[H-].[Na+]. The Morgan fingerprint density at radius 1 is 0.839 bits per heavy atom. The van der Waals surface area contributed by atoms with Gasteiger partial charge in [-0.3, -0.25) is 14.8 Å². The number of anilines is 1. The molecule has 0 aliphatic carbocycles. The zero-order valence-corrected chi connectivity index (χ0v) is 18.8. The van der Waals surface area contributed by atoms with Crippen molar-refractivity contribution in [1.29, 1.82) is 0 Å². The van der Waals surface area contributed by atoms with Gasteiger partial charge in [-0.2, -0.15) is 0 Å². The van der Waals surface area contributed by atoms with Gasteiger partial charge >= 0.3 is 35.5 Å². The van der Waals surface area contributed by atoms with E-state index in [1.165, 1.54) is 12.3 Å². The van der Waals surface area contributed by atoms with Crippen molar-refractivity contribution in [1.82, 2.24) is 9.97 Å². The van der Waals surface area contributed by atoms with Gasteiger partial charge in [0.2, 0.25) is 0 Å². The molecule has 0 radical (unpaired) electrons. The summed E-state index contributed by atoms with van der Waals surface area (Å²) in [6.07, 6.45) is 4.78. The average Bonchev–Trinajstić information content (AvgIpc) is 2.80. The fourth-order valence-corrected chi connectivity index (χ4v) is 3.07. The molecule has 0 spiro atoms. The third kappa shape index (κ3) is 5.24. The molecule has 31 heavy (non-hydrogen) atoms. The van der Waals surface area contributed by atoms with Crippen LogP contribution in [-0.2, 0) is 0 Å². The van der Waals surface area contributed by atoms with Gasteiger partial charge in [-0.25, -0.2) is 4.79 Å². The van der Waals surface area contributed by atoms with Crippen molar-refractivity contribution < 1.29 is 45.7 Å². The molecule has 4 aromatic rings. The predicted octanol–water partition coefficient (Wildman–Crippen LogP) is 1.88. The van der Waals surface area contributed by atoms with Crippen LogP contribution in [0.3, 0.4) is 0 Å². The fraction of sp³-hybridized carbons (Fsp3) is 0. The number of carboxylic acid groups (broad SMARTS) is 1. The van der Waals surface area contributed by atoms with Crippen LogP contribution in [0.25, 0.3) is 22.4 Å². The first-order chi connectivity index (χ1) is 14.6. The number of benzene rings is 2. The molecule has 1 amide bonds. The smallest absolute Gasteiger partial charge is 1.00 e. The van der Waals surface area contributed by atoms with Gasteiger partial charge in [0.1, 0.15) is 0 Å². The Bertz CT molecular complexity index is 1220. The standard InChI is InChI=1S/C24H17N3O3.Na.H/c28-23(19-12-18(14-25-15-19)16-6-2-1-3-7-16)27-22-13-17(9-10-20(22)24(29)30)21-8-4-5-11-26-21;;/h1-15H,(H,27,28)(H,29,30);;/q;+1;-1. The number of nitrogens with zero attached hydrogens (tertiary/aromatic N) is 2. The van der Waals surface area contributed by atoms with Gasteiger partial charge in [-0.05, 0) is 35.9 Å². The summed E-state index contributed by atoms with van der Waals surface area (Å²) in [4.78, 5) is 32.9. The Morgan fingerprint density at radius 3 is 2.32 bits per heavy atom. The molecule has 2 aromatic heterocycles. The van der Waals surface area contributed by atoms with Gasteiger partial charge in [0, 0.05) is 29.7 Å². The molecule has 4 rings (SSSR count).